The van der Waals surface area contributed by atoms with Crippen LogP contribution in [0.5, 0.6) is 23.0 Å². The molecule has 0 saturated heterocycles. The van der Waals surface area contributed by atoms with E-state index in [-0.39, 0.29) is 13.2 Å². The van der Waals surface area contributed by atoms with Crippen LogP contribution in [0, 0.1) is 27.7 Å². The van der Waals surface area contributed by atoms with Gasteiger partial charge in [-0.05, 0) is 87.4 Å². The van der Waals surface area contributed by atoms with Crippen LogP contribution in [0.25, 0.3) is 0 Å². The smallest absolute Gasteiger partial charge is 0.395 e. The normalized spacial score (nSPS) is 11.6. The Morgan fingerprint density at radius 3 is 0.870 bits per heavy atom. The minimum absolute atomic E-state index is 0.156. The van der Waals surface area contributed by atoms with Crippen molar-refractivity contribution in [3.05, 3.63) is 155 Å². The third kappa shape index (κ3) is 9.59. The second kappa shape index (κ2) is 14.8. The highest BCUT2D eigenvalue weighted by Gasteiger charge is 2.33. The quantitative estimate of drug-likeness (QED) is 0.109. The molecule has 0 unspecified atom stereocenters. The van der Waals surface area contributed by atoms with E-state index in [1.807, 2.05) is 76.2 Å². The first-order chi connectivity index (χ1) is 22.1. The predicted molar refractivity (Wildman–Crippen MR) is 178 cm³/mol. The minimum atomic E-state index is -4.18. The van der Waals surface area contributed by atoms with Gasteiger partial charge in [0.05, 0.1) is 13.2 Å². The lowest BCUT2D eigenvalue weighted by Crippen LogP contribution is -2.08. The molecule has 0 atom stereocenters. The van der Waals surface area contributed by atoms with Crippen LogP contribution < -0.4 is 18.1 Å². The van der Waals surface area contributed by atoms with Gasteiger partial charge >= 0.3 is 15.6 Å². The highest BCUT2D eigenvalue weighted by molar-refractivity contribution is 7.49. The summed E-state index contributed by atoms with van der Waals surface area (Å²) in [6.45, 7) is 7.46. The number of benzene rings is 5. The Balaban J connectivity index is 1.35. The van der Waals surface area contributed by atoms with Crippen LogP contribution in [0.4, 0.5) is 0 Å². The van der Waals surface area contributed by atoms with Crippen LogP contribution >= 0.6 is 15.6 Å². The molecule has 46 heavy (non-hydrogen) atoms. The van der Waals surface area contributed by atoms with Crippen LogP contribution in [-0.2, 0) is 31.4 Å². The Kier molecular flexibility index (Phi) is 10.7. The molecule has 5 aromatic carbocycles. The van der Waals surface area contributed by atoms with Crippen LogP contribution in [0.15, 0.2) is 121 Å². The van der Waals surface area contributed by atoms with E-state index in [9.17, 15) is 9.13 Å². The van der Waals surface area contributed by atoms with Crippen molar-refractivity contribution in [1.29, 1.82) is 0 Å². The zero-order chi connectivity index (χ0) is 32.6. The summed E-state index contributed by atoms with van der Waals surface area (Å²) in [7, 11) is -8.35. The first-order valence-electron chi connectivity index (χ1n) is 14.7. The van der Waals surface area contributed by atoms with E-state index in [1.54, 1.807) is 72.8 Å². The van der Waals surface area contributed by atoms with E-state index >= 15 is 0 Å². The average molecular weight is 659 g/mol. The van der Waals surface area contributed by atoms with Gasteiger partial charge in [0.2, 0.25) is 0 Å². The lowest BCUT2D eigenvalue weighted by Gasteiger charge is -2.21. The van der Waals surface area contributed by atoms with Crippen molar-refractivity contribution in [3.8, 4) is 23.0 Å². The maximum Gasteiger partial charge on any atom is 0.587 e. The van der Waals surface area contributed by atoms with E-state index in [0.29, 0.717) is 34.1 Å². The van der Waals surface area contributed by atoms with Crippen LogP contribution in [0.2, 0.25) is 0 Å². The molecule has 0 aliphatic heterocycles. The second-order valence-corrected chi connectivity index (χ2v) is 13.9. The maximum absolute atomic E-state index is 14.0. The maximum atomic E-state index is 14.0. The van der Waals surface area contributed by atoms with Gasteiger partial charge in [0.15, 0.2) is 0 Å². The molecule has 5 aromatic rings. The zero-order valence-corrected chi connectivity index (χ0v) is 27.9. The summed E-state index contributed by atoms with van der Waals surface area (Å²) < 4.78 is 63.0. The fourth-order valence-corrected chi connectivity index (χ4v) is 6.59. The highest BCUT2D eigenvalue weighted by atomic mass is 31.2. The van der Waals surface area contributed by atoms with Crippen LogP contribution in [0.3, 0.4) is 0 Å². The van der Waals surface area contributed by atoms with Gasteiger partial charge in [0.25, 0.3) is 0 Å². The molecule has 0 heterocycles. The average Bonchev–Trinajstić information content (AvgIpc) is 3.04. The van der Waals surface area contributed by atoms with E-state index in [2.05, 4.69) is 0 Å². The minimum Gasteiger partial charge on any atom is -0.395 e. The fourth-order valence-electron chi connectivity index (χ4n) is 4.19. The number of hydrogen-bond acceptors (Lipinski definition) is 8. The molecule has 0 aromatic heterocycles. The summed E-state index contributed by atoms with van der Waals surface area (Å²) in [6, 6.07) is 35.5. The van der Waals surface area contributed by atoms with Gasteiger partial charge in [-0.3, -0.25) is 9.05 Å². The van der Waals surface area contributed by atoms with Crippen LogP contribution in [0.1, 0.15) is 33.4 Å². The number of phosphoric acid groups is 2. The summed E-state index contributed by atoms with van der Waals surface area (Å²) in [6.07, 6.45) is 0. The third-order valence-electron chi connectivity index (χ3n) is 6.83. The number of rotatable bonds is 14. The molecule has 238 valence electrons. The zero-order valence-electron chi connectivity index (χ0n) is 26.1. The van der Waals surface area contributed by atoms with Gasteiger partial charge in [0, 0.05) is 0 Å². The fraction of sp³-hybridized carbons (Fsp3) is 0.167. The van der Waals surface area contributed by atoms with E-state index in [0.717, 1.165) is 22.3 Å². The SMILES string of the molecule is Cc1ccc(OP(=O)(OCc2ccccc2COP(=O)(Oc2ccc(C)cc2)Oc2ccc(C)cc2)Oc2ccc(C)cc2)cc1. The van der Waals surface area contributed by atoms with Crippen molar-refractivity contribution in [2.45, 2.75) is 40.9 Å². The van der Waals surface area contributed by atoms with E-state index in [4.69, 9.17) is 27.1 Å². The predicted octanol–water partition coefficient (Wildman–Crippen LogP) is 10.5. The molecule has 10 heteroatoms. The second-order valence-electron chi connectivity index (χ2n) is 10.8. The lowest BCUT2D eigenvalue weighted by molar-refractivity contribution is 0.189. The molecule has 0 radical (unpaired) electrons. The van der Waals surface area contributed by atoms with Gasteiger partial charge in [-0.1, -0.05) is 95.1 Å². The molecular weight excluding hydrogens is 622 g/mol. The van der Waals surface area contributed by atoms with Crippen molar-refractivity contribution in [2.75, 3.05) is 0 Å². The van der Waals surface area contributed by atoms with Gasteiger partial charge in [-0.2, -0.15) is 0 Å². The first-order valence-corrected chi connectivity index (χ1v) is 17.6. The molecule has 0 bridgehead atoms. The summed E-state index contributed by atoms with van der Waals surface area (Å²) in [5.74, 6) is 1.33. The molecule has 0 saturated carbocycles. The number of phosphoric ester groups is 2. The number of aryl methyl sites for hydroxylation is 4. The molecule has 5 rings (SSSR count). The van der Waals surface area contributed by atoms with Crippen molar-refractivity contribution in [1.82, 2.24) is 0 Å². The highest BCUT2D eigenvalue weighted by Crippen LogP contribution is 2.52. The summed E-state index contributed by atoms with van der Waals surface area (Å²) in [4.78, 5) is 0. The first kappa shape index (κ1) is 33.1. The Bertz CT molecular complexity index is 1580. The van der Waals surface area contributed by atoms with Crippen molar-refractivity contribution in [3.63, 3.8) is 0 Å². The van der Waals surface area contributed by atoms with Crippen molar-refractivity contribution >= 4 is 15.6 Å². The molecule has 8 nitrogen and oxygen atoms in total. The summed E-state index contributed by atoms with van der Waals surface area (Å²) in [5.41, 5.74) is 5.30. The van der Waals surface area contributed by atoms with Gasteiger partial charge in [-0.15, -0.1) is 0 Å². The standard InChI is InChI=1S/C36H36O8P2/c1-27-9-17-33(18-10-27)41-45(37,42-34-19-11-28(2)12-20-34)39-25-31-7-5-6-8-32(31)26-40-46(38,43-35-21-13-29(3)14-22-35)44-36-23-15-30(4)16-24-36/h5-24H,25-26H2,1-4H3. The lowest BCUT2D eigenvalue weighted by atomic mass is 10.1. The molecule has 0 fully saturated rings. The molecule has 0 N–H and O–H groups in total. The van der Waals surface area contributed by atoms with E-state index in [1.165, 1.54) is 0 Å². The number of hydrogen-bond donors (Lipinski definition) is 0. The van der Waals surface area contributed by atoms with Gasteiger partial charge in [-0.25, -0.2) is 9.13 Å². The van der Waals surface area contributed by atoms with E-state index < -0.39 is 15.6 Å². The Labute approximate surface area is 270 Å². The third-order valence-corrected chi connectivity index (χ3v) is 9.46. The van der Waals surface area contributed by atoms with Crippen LogP contribution in [-0.4, -0.2) is 0 Å². The molecule has 0 aliphatic carbocycles. The molecular formula is C36H36O8P2. The van der Waals surface area contributed by atoms with Crippen molar-refractivity contribution in [2.24, 2.45) is 0 Å². The Morgan fingerprint density at radius 2 is 0.630 bits per heavy atom. The monoisotopic (exact) mass is 658 g/mol. The summed E-state index contributed by atoms with van der Waals surface area (Å²) in [5, 5.41) is 0. The molecule has 0 amide bonds. The van der Waals surface area contributed by atoms with Gasteiger partial charge < -0.3 is 18.1 Å². The topological polar surface area (TPSA) is 89.5 Å². The summed E-state index contributed by atoms with van der Waals surface area (Å²) >= 11 is 0. The Morgan fingerprint density at radius 1 is 0.391 bits per heavy atom. The van der Waals surface area contributed by atoms with Crippen molar-refractivity contribution < 1.29 is 36.3 Å². The molecule has 0 aliphatic rings. The Hall–Kier alpha value is -4.32. The molecule has 0 spiro atoms. The largest absolute Gasteiger partial charge is 0.587 e. The van der Waals surface area contributed by atoms with Gasteiger partial charge in [0.1, 0.15) is 23.0 Å².